The van der Waals surface area contributed by atoms with Gasteiger partial charge in [0, 0.05) is 19.8 Å². The Morgan fingerprint density at radius 2 is 2.31 bits per heavy atom. The first-order chi connectivity index (χ1) is 7.69. The molecule has 0 N–H and O–H groups in total. The van der Waals surface area contributed by atoms with Crippen molar-refractivity contribution < 1.29 is 4.79 Å². The molecule has 0 saturated carbocycles. The molecule has 0 aromatic carbocycles. The second kappa shape index (κ2) is 4.98. The van der Waals surface area contributed by atoms with E-state index in [1.165, 1.54) is 0 Å². The molecule has 0 aromatic rings. The van der Waals surface area contributed by atoms with Crippen LogP contribution in [0.25, 0.3) is 0 Å². The molecule has 16 heavy (non-hydrogen) atoms. The molecular weight excluding hydrogens is 260 g/mol. The fourth-order valence-corrected chi connectivity index (χ4v) is 4.89. The van der Waals surface area contributed by atoms with Gasteiger partial charge in [0.25, 0.3) is 5.91 Å². The van der Waals surface area contributed by atoms with Crippen LogP contribution in [0.5, 0.6) is 0 Å². The average Bonchev–Trinajstić information content (AvgIpc) is 2.82. The minimum absolute atomic E-state index is 0.171. The minimum Gasteiger partial charge on any atom is -0.344 e. The van der Waals surface area contributed by atoms with Gasteiger partial charge in [-0.05, 0) is 18.6 Å². The lowest BCUT2D eigenvalue weighted by Gasteiger charge is -2.18. The molecule has 1 atom stereocenters. The fourth-order valence-electron chi connectivity index (χ4n) is 1.60. The molecule has 2 aliphatic rings. The van der Waals surface area contributed by atoms with E-state index >= 15 is 0 Å². The largest absolute Gasteiger partial charge is 0.344 e. The Hall–Kier alpha value is -0.200. The summed E-state index contributed by atoms with van der Waals surface area (Å²) in [5, 5.41) is 3.07. The molecule has 2 heterocycles. The third kappa shape index (κ3) is 1.98. The monoisotopic (exact) mass is 274 g/mol. The van der Waals surface area contributed by atoms with Crippen molar-refractivity contribution in [2.45, 2.75) is 11.6 Å². The summed E-state index contributed by atoms with van der Waals surface area (Å²) >= 11 is 5.01. The number of likely N-dealkylation sites (N-methyl/N-ethyl adjacent to an activating group) is 1. The Labute approximate surface area is 109 Å². The van der Waals surface area contributed by atoms with Crippen molar-refractivity contribution in [3.63, 3.8) is 0 Å². The van der Waals surface area contributed by atoms with Crippen molar-refractivity contribution in [3.8, 4) is 0 Å². The first-order valence-electron chi connectivity index (χ1n) is 5.00. The van der Waals surface area contributed by atoms with Gasteiger partial charge in [-0.2, -0.15) is 0 Å². The van der Waals surface area contributed by atoms with Gasteiger partial charge >= 0.3 is 0 Å². The highest BCUT2D eigenvalue weighted by Gasteiger charge is 2.37. The van der Waals surface area contributed by atoms with Crippen molar-refractivity contribution in [2.75, 3.05) is 19.8 Å². The summed E-state index contributed by atoms with van der Waals surface area (Å²) in [4.78, 5) is 17.0. The molecule has 0 aromatic heterocycles. The van der Waals surface area contributed by atoms with Crippen LogP contribution in [-0.2, 0) is 4.79 Å². The number of rotatable bonds is 2. The van der Waals surface area contributed by atoms with Gasteiger partial charge in [-0.1, -0.05) is 23.5 Å². The summed E-state index contributed by atoms with van der Waals surface area (Å²) in [6.07, 6.45) is 4.04. The molecule has 88 valence electrons. The number of amides is 1. The number of nitrogens with zero attached hydrogens (tertiary/aromatic N) is 2. The van der Waals surface area contributed by atoms with Crippen LogP contribution in [-0.4, -0.2) is 40.3 Å². The molecule has 2 aliphatic heterocycles. The van der Waals surface area contributed by atoms with Crippen LogP contribution in [0.1, 0.15) is 6.92 Å². The van der Waals surface area contributed by atoms with E-state index in [9.17, 15) is 4.79 Å². The number of hydrogen-bond acceptors (Lipinski definition) is 5. The van der Waals surface area contributed by atoms with E-state index in [0.29, 0.717) is 0 Å². The third-order valence-corrected chi connectivity index (χ3v) is 6.14. The molecule has 3 nitrogen and oxygen atoms in total. The number of carbonyl (C=O) groups excluding carboxylic acids is 1. The topological polar surface area (TPSA) is 23.6 Å². The predicted molar refractivity (Wildman–Crippen MR) is 73.8 cm³/mol. The standard InChI is InChI=1S/C10H14N2OS3/c1-4-12-8(13)7(16-10(12)14-3)9-11(2)5-6-15-9/h5-6,10H,4H2,1-3H3. The van der Waals surface area contributed by atoms with Gasteiger partial charge in [0.1, 0.15) is 9.61 Å². The normalized spacial score (nSPS) is 29.7. The third-order valence-electron chi connectivity index (χ3n) is 2.45. The van der Waals surface area contributed by atoms with E-state index in [1.807, 2.05) is 41.6 Å². The van der Waals surface area contributed by atoms with E-state index in [1.54, 1.807) is 35.3 Å². The molecule has 1 amide bonds. The van der Waals surface area contributed by atoms with E-state index in [0.717, 1.165) is 16.5 Å². The molecule has 0 radical (unpaired) electrons. The summed E-state index contributed by atoms with van der Waals surface area (Å²) in [6, 6.07) is 0. The maximum absolute atomic E-state index is 12.2. The highest BCUT2D eigenvalue weighted by Crippen LogP contribution is 2.45. The van der Waals surface area contributed by atoms with Gasteiger partial charge in [-0.3, -0.25) is 4.79 Å². The molecule has 2 rings (SSSR count). The van der Waals surface area contributed by atoms with Gasteiger partial charge in [-0.15, -0.1) is 11.8 Å². The molecule has 0 bridgehead atoms. The Kier molecular flexibility index (Phi) is 3.81. The second-order valence-corrected chi connectivity index (χ2v) is 6.60. The van der Waals surface area contributed by atoms with Crippen molar-refractivity contribution >= 4 is 41.2 Å². The maximum Gasteiger partial charge on any atom is 0.264 e. The maximum atomic E-state index is 12.2. The van der Waals surface area contributed by atoms with Gasteiger partial charge in [0.2, 0.25) is 0 Å². The minimum atomic E-state index is 0.171. The predicted octanol–water partition coefficient (Wildman–Crippen LogP) is 2.55. The van der Waals surface area contributed by atoms with E-state index in [4.69, 9.17) is 0 Å². The van der Waals surface area contributed by atoms with E-state index in [-0.39, 0.29) is 10.6 Å². The van der Waals surface area contributed by atoms with Crippen LogP contribution in [0.4, 0.5) is 0 Å². The van der Waals surface area contributed by atoms with Crippen molar-refractivity contribution in [3.05, 3.63) is 21.5 Å². The summed E-state index contributed by atoms with van der Waals surface area (Å²) in [7, 11) is 1.98. The fraction of sp³-hybridized carbons (Fsp3) is 0.500. The lowest BCUT2D eigenvalue weighted by atomic mass is 10.4. The second-order valence-electron chi connectivity index (χ2n) is 3.40. The van der Waals surface area contributed by atoms with Crippen molar-refractivity contribution in [1.29, 1.82) is 0 Å². The summed E-state index contributed by atoms with van der Waals surface area (Å²) in [5.74, 6) is 0.171. The summed E-state index contributed by atoms with van der Waals surface area (Å²) < 4.78 is 0.231. The van der Waals surface area contributed by atoms with Gasteiger partial charge in [-0.25, -0.2) is 0 Å². The highest BCUT2D eigenvalue weighted by molar-refractivity contribution is 8.19. The molecule has 0 spiro atoms. The lowest BCUT2D eigenvalue weighted by molar-refractivity contribution is -0.125. The zero-order valence-corrected chi connectivity index (χ0v) is 11.9. The quantitative estimate of drug-likeness (QED) is 0.720. The molecule has 0 aliphatic carbocycles. The van der Waals surface area contributed by atoms with Crippen LogP contribution in [0.2, 0.25) is 0 Å². The van der Waals surface area contributed by atoms with E-state index in [2.05, 4.69) is 0 Å². The summed E-state index contributed by atoms with van der Waals surface area (Å²) in [6.45, 7) is 2.80. The van der Waals surface area contributed by atoms with Gasteiger partial charge in [0.05, 0.1) is 5.03 Å². The zero-order chi connectivity index (χ0) is 11.7. The highest BCUT2D eigenvalue weighted by atomic mass is 32.2. The van der Waals surface area contributed by atoms with Crippen LogP contribution in [0.15, 0.2) is 21.5 Å². The molecule has 1 saturated heterocycles. The number of carbonyl (C=O) groups is 1. The van der Waals surface area contributed by atoms with Crippen LogP contribution in [0.3, 0.4) is 0 Å². The van der Waals surface area contributed by atoms with Crippen LogP contribution < -0.4 is 0 Å². The zero-order valence-electron chi connectivity index (χ0n) is 9.47. The Morgan fingerprint density at radius 1 is 1.56 bits per heavy atom. The van der Waals surface area contributed by atoms with Crippen molar-refractivity contribution in [1.82, 2.24) is 9.80 Å². The van der Waals surface area contributed by atoms with Crippen LogP contribution in [0, 0.1) is 0 Å². The summed E-state index contributed by atoms with van der Waals surface area (Å²) in [5.41, 5.74) is 0. The number of hydrogen-bond donors (Lipinski definition) is 0. The Morgan fingerprint density at radius 3 is 2.75 bits per heavy atom. The Bertz CT molecular complexity index is 367. The number of thioether (sulfide) groups is 3. The van der Waals surface area contributed by atoms with E-state index < -0.39 is 0 Å². The Balaban J connectivity index is 2.29. The first kappa shape index (κ1) is 12.3. The average molecular weight is 274 g/mol. The molecule has 1 unspecified atom stereocenters. The molecule has 6 heteroatoms. The first-order valence-corrected chi connectivity index (χ1v) is 8.04. The van der Waals surface area contributed by atoms with Crippen molar-refractivity contribution in [2.24, 2.45) is 0 Å². The molecule has 1 fully saturated rings. The molecular formula is C10H14N2OS3. The smallest absolute Gasteiger partial charge is 0.264 e. The van der Waals surface area contributed by atoms with Crippen LogP contribution >= 0.6 is 35.3 Å². The van der Waals surface area contributed by atoms with Gasteiger partial charge in [0.15, 0.2) is 0 Å². The van der Waals surface area contributed by atoms with Gasteiger partial charge < -0.3 is 9.80 Å². The SMILES string of the molecule is CCN1C(=O)C(=C2SC=CN2C)SC1SC. The lowest BCUT2D eigenvalue weighted by Crippen LogP contribution is -2.30.